The highest BCUT2D eigenvalue weighted by Crippen LogP contribution is 2.18. The lowest BCUT2D eigenvalue weighted by Crippen LogP contribution is -2.27. The molecule has 0 amide bonds. The van der Waals surface area contributed by atoms with Crippen molar-refractivity contribution in [3.05, 3.63) is 28.7 Å². The summed E-state index contributed by atoms with van der Waals surface area (Å²) in [5, 5.41) is 3.52. The van der Waals surface area contributed by atoms with Crippen molar-refractivity contribution in [2.45, 2.75) is 18.9 Å². The number of alkyl halides is 1. The average Bonchev–Trinajstić information content (AvgIpc) is 2.77. The van der Waals surface area contributed by atoms with Crippen molar-refractivity contribution < 1.29 is 4.39 Å². The molecule has 2 rings (SSSR count). The molecule has 0 spiro atoms. The van der Waals surface area contributed by atoms with Gasteiger partial charge in [0.25, 0.3) is 0 Å². The lowest BCUT2D eigenvalue weighted by molar-refractivity contribution is 0.310. The number of anilines is 1. The van der Waals surface area contributed by atoms with Crippen LogP contribution >= 0.6 is 15.9 Å². The summed E-state index contributed by atoms with van der Waals surface area (Å²) >= 11 is 3.42. The predicted molar refractivity (Wildman–Crippen MR) is 73.2 cm³/mol. The molecule has 1 N–H and O–H groups in total. The number of nitrogens with one attached hydrogen (secondary N) is 1. The predicted octanol–water partition coefficient (Wildman–Crippen LogP) is 3.29. The quantitative estimate of drug-likeness (QED) is 0.898. The van der Waals surface area contributed by atoms with Crippen molar-refractivity contribution in [2.75, 3.05) is 31.6 Å². The molecule has 1 aliphatic rings. The number of rotatable bonds is 5. The normalized spacial score (nSPS) is 20.7. The molecule has 4 heteroatoms. The van der Waals surface area contributed by atoms with Crippen LogP contribution in [-0.4, -0.2) is 37.3 Å². The first-order chi connectivity index (χ1) is 8.28. The SMILES string of the molecule is FCCCN1CC[C@H](Nc2ccc(Br)cc2)C1. The molecule has 1 aliphatic heterocycles. The lowest BCUT2D eigenvalue weighted by atomic mass is 10.2. The van der Waals surface area contributed by atoms with E-state index in [4.69, 9.17) is 0 Å². The van der Waals surface area contributed by atoms with Crippen molar-refractivity contribution >= 4 is 21.6 Å². The highest BCUT2D eigenvalue weighted by atomic mass is 79.9. The van der Waals surface area contributed by atoms with Crippen LogP contribution in [0.5, 0.6) is 0 Å². The first-order valence-electron chi connectivity index (χ1n) is 6.08. The van der Waals surface area contributed by atoms with Crippen LogP contribution in [-0.2, 0) is 0 Å². The Balaban J connectivity index is 1.79. The summed E-state index contributed by atoms with van der Waals surface area (Å²) in [5.74, 6) is 0. The molecule has 0 aliphatic carbocycles. The van der Waals surface area contributed by atoms with E-state index in [-0.39, 0.29) is 6.67 Å². The number of hydrogen-bond donors (Lipinski definition) is 1. The van der Waals surface area contributed by atoms with Crippen LogP contribution in [0.2, 0.25) is 0 Å². The first-order valence-corrected chi connectivity index (χ1v) is 6.87. The van der Waals surface area contributed by atoms with Gasteiger partial charge < -0.3 is 10.2 Å². The van der Waals surface area contributed by atoms with E-state index in [1.807, 2.05) is 12.1 Å². The largest absolute Gasteiger partial charge is 0.381 e. The topological polar surface area (TPSA) is 15.3 Å². The van der Waals surface area contributed by atoms with Gasteiger partial charge in [-0.2, -0.15) is 0 Å². The van der Waals surface area contributed by atoms with Crippen molar-refractivity contribution in [1.82, 2.24) is 4.90 Å². The minimum Gasteiger partial charge on any atom is -0.381 e. The third kappa shape index (κ3) is 3.96. The molecular formula is C13H18BrFN2. The summed E-state index contributed by atoms with van der Waals surface area (Å²) in [6, 6.07) is 8.73. The number of nitrogens with zero attached hydrogens (tertiary/aromatic N) is 1. The van der Waals surface area contributed by atoms with Gasteiger partial charge in [-0.3, -0.25) is 4.39 Å². The Labute approximate surface area is 110 Å². The Kier molecular flexibility index (Phi) is 4.80. The van der Waals surface area contributed by atoms with Crippen molar-refractivity contribution in [3.63, 3.8) is 0 Å². The molecule has 1 aromatic carbocycles. The van der Waals surface area contributed by atoms with E-state index in [0.29, 0.717) is 12.5 Å². The minimum absolute atomic E-state index is 0.207. The summed E-state index contributed by atoms with van der Waals surface area (Å²) in [6.45, 7) is 2.78. The fourth-order valence-corrected chi connectivity index (χ4v) is 2.48. The van der Waals surface area contributed by atoms with E-state index in [0.717, 1.165) is 36.2 Å². The smallest absolute Gasteiger partial charge is 0.0906 e. The average molecular weight is 301 g/mol. The van der Waals surface area contributed by atoms with E-state index in [1.54, 1.807) is 0 Å². The van der Waals surface area contributed by atoms with Gasteiger partial charge >= 0.3 is 0 Å². The van der Waals surface area contributed by atoms with Crippen LogP contribution in [0.1, 0.15) is 12.8 Å². The molecule has 17 heavy (non-hydrogen) atoms. The maximum atomic E-state index is 12.1. The monoisotopic (exact) mass is 300 g/mol. The van der Waals surface area contributed by atoms with Gasteiger partial charge in [0.15, 0.2) is 0 Å². The second-order valence-electron chi connectivity index (χ2n) is 4.48. The van der Waals surface area contributed by atoms with Gasteiger partial charge in [-0.1, -0.05) is 15.9 Å². The lowest BCUT2D eigenvalue weighted by Gasteiger charge is -2.16. The molecular weight excluding hydrogens is 283 g/mol. The molecule has 0 aromatic heterocycles. The van der Waals surface area contributed by atoms with Gasteiger partial charge in [0, 0.05) is 35.8 Å². The molecule has 1 aromatic rings. The maximum Gasteiger partial charge on any atom is 0.0906 e. The fraction of sp³-hybridized carbons (Fsp3) is 0.538. The van der Waals surface area contributed by atoms with Gasteiger partial charge in [-0.05, 0) is 37.1 Å². The van der Waals surface area contributed by atoms with Crippen molar-refractivity contribution in [1.29, 1.82) is 0 Å². The molecule has 0 radical (unpaired) electrons. The van der Waals surface area contributed by atoms with E-state index in [9.17, 15) is 4.39 Å². The van der Waals surface area contributed by atoms with Gasteiger partial charge in [-0.15, -0.1) is 0 Å². The number of benzene rings is 1. The van der Waals surface area contributed by atoms with Crippen LogP contribution in [0.3, 0.4) is 0 Å². The molecule has 94 valence electrons. The molecule has 0 bridgehead atoms. The molecule has 1 atom stereocenters. The van der Waals surface area contributed by atoms with Gasteiger partial charge in [0.05, 0.1) is 6.67 Å². The summed E-state index contributed by atoms with van der Waals surface area (Å²) in [7, 11) is 0. The number of halogens is 2. The van der Waals surface area contributed by atoms with Gasteiger partial charge in [0.2, 0.25) is 0 Å². The third-order valence-corrected chi connectivity index (χ3v) is 3.62. The Bertz CT molecular complexity index is 342. The van der Waals surface area contributed by atoms with E-state index in [1.165, 1.54) is 0 Å². The first kappa shape index (κ1) is 12.8. The van der Waals surface area contributed by atoms with Gasteiger partial charge in [-0.25, -0.2) is 0 Å². The second-order valence-corrected chi connectivity index (χ2v) is 5.40. The summed E-state index contributed by atoms with van der Waals surface area (Å²) in [4.78, 5) is 2.33. The highest BCUT2D eigenvalue weighted by Gasteiger charge is 2.21. The Hall–Kier alpha value is -0.610. The third-order valence-electron chi connectivity index (χ3n) is 3.10. The molecule has 1 heterocycles. The number of hydrogen-bond acceptors (Lipinski definition) is 2. The van der Waals surface area contributed by atoms with Crippen LogP contribution in [0.4, 0.5) is 10.1 Å². The van der Waals surface area contributed by atoms with Crippen LogP contribution in [0, 0.1) is 0 Å². The number of likely N-dealkylation sites (tertiary alicyclic amines) is 1. The Morgan fingerprint density at radius 1 is 1.35 bits per heavy atom. The minimum atomic E-state index is -0.207. The molecule has 0 unspecified atom stereocenters. The maximum absolute atomic E-state index is 12.1. The van der Waals surface area contributed by atoms with Gasteiger partial charge in [0.1, 0.15) is 0 Å². The highest BCUT2D eigenvalue weighted by molar-refractivity contribution is 9.10. The standard InChI is InChI=1S/C13H18BrFN2/c14-11-2-4-12(5-3-11)16-13-6-9-17(10-13)8-1-7-15/h2-5,13,16H,1,6-10H2/t13-/m0/s1. The van der Waals surface area contributed by atoms with Crippen molar-refractivity contribution in [2.24, 2.45) is 0 Å². The second kappa shape index (κ2) is 6.36. The van der Waals surface area contributed by atoms with E-state index in [2.05, 4.69) is 38.3 Å². The summed E-state index contributed by atoms with van der Waals surface area (Å²) < 4.78 is 13.2. The van der Waals surface area contributed by atoms with Crippen LogP contribution in [0.25, 0.3) is 0 Å². The zero-order valence-electron chi connectivity index (χ0n) is 9.83. The van der Waals surface area contributed by atoms with E-state index < -0.39 is 0 Å². The van der Waals surface area contributed by atoms with Crippen molar-refractivity contribution in [3.8, 4) is 0 Å². The Morgan fingerprint density at radius 3 is 2.82 bits per heavy atom. The molecule has 1 saturated heterocycles. The fourth-order valence-electron chi connectivity index (χ4n) is 2.22. The summed E-state index contributed by atoms with van der Waals surface area (Å²) in [6.07, 6.45) is 1.80. The van der Waals surface area contributed by atoms with E-state index >= 15 is 0 Å². The molecule has 1 fully saturated rings. The molecule has 0 saturated carbocycles. The summed E-state index contributed by atoms with van der Waals surface area (Å²) in [5.41, 5.74) is 1.16. The van der Waals surface area contributed by atoms with Crippen LogP contribution in [0.15, 0.2) is 28.7 Å². The van der Waals surface area contributed by atoms with Crippen LogP contribution < -0.4 is 5.32 Å². The Morgan fingerprint density at radius 2 is 2.12 bits per heavy atom. The zero-order chi connectivity index (χ0) is 12.1. The molecule has 2 nitrogen and oxygen atoms in total. The zero-order valence-corrected chi connectivity index (χ0v) is 11.4.